The largest absolute Gasteiger partial charge is 0.367 e. The molecule has 1 amide bonds. The lowest BCUT2D eigenvalue weighted by molar-refractivity contribution is -0.131. The van der Waals surface area contributed by atoms with Crippen LogP contribution in [0.3, 0.4) is 0 Å². The summed E-state index contributed by atoms with van der Waals surface area (Å²) in [4.78, 5) is 23.3. The number of carbonyl (C=O) groups is 1. The van der Waals surface area contributed by atoms with Crippen LogP contribution in [0.2, 0.25) is 0 Å². The van der Waals surface area contributed by atoms with E-state index in [4.69, 9.17) is 4.74 Å². The van der Waals surface area contributed by atoms with Crippen LogP contribution in [-0.2, 0) is 9.53 Å². The van der Waals surface area contributed by atoms with E-state index in [1.165, 1.54) is 0 Å². The van der Waals surface area contributed by atoms with Gasteiger partial charge >= 0.3 is 0 Å². The zero-order chi connectivity index (χ0) is 20.3. The number of fused-ring (bicyclic) bond motifs is 1. The number of carbonyl (C=O) groups excluding carboxylic acids is 1. The summed E-state index contributed by atoms with van der Waals surface area (Å²) < 4.78 is 5.58. The highest BCUT2D eigenvalue weighted by Gasteiger charge is 2.28. The SMILES string of the molecule is C[C@@H]1C[C@@H](NC(=O)COC(C)(C)C)CN(c2ccc(C#N)c3nccnc23)C1. The second-order valence-electron chi connectivity index (χ2n) is 8.41. The summed E-state index contributed by atoms with van der Waals surface area (Å²) in [6.07, 6.45) is 4.16. The molecule has 2 aromatic rings. The van der Waals surface area contributed by atoms with Gasteiger partial charge in [0.15, 0.2) is 0 Å². The quantitative estimate of drug-likeness (QED) is 0.875. The third-order valence-corrected chi connectivity index (χ3v) is 4.73. The first kappa shape index (κ1) is 20.0. The molecule has 0 saturated carbocycles. The van der Waals surface area contributed by atoms with Crippen molar-refractivity contribution in [1.82, 2.24) is 15.3 Å². The van der Waals surface area contributed by atoms with Gasteiger partial charge in [-0.05, 0) is 45.2 Å². The molecule has 3 rings (SSSR count). The molecule has 2 atom stereocenters. The molecule has 7 nitrogen and oxygen atoms in total. The van der Waals surface area contributed by atoms with Crippen LogP contribution in [0.4, 0.5) is 5.69 Å². The van der Waals surface area contributed by atoms with Crippen LogP contribution < -0.4 is 10.2 Å². The zero-order valence-corrected chi connectivity index (χ0v) is 16.9. The van der Waals surface area contributed by atoms with Crippen LogP contribution in [0.5, 0.6) is 0 Å². The molecule has 1 aliphatic rings. The lowest BCUT2D eigenvalue weighted by Crippen LogP contribution is -2.51. The fourth-order valence-corrected chi connectivity index (χ4v) is 3.59. The van der Waals surface area contributed by atoms with E-state index in [2.05, 4.69) is 33.2 Å². The van der Waals surface area contributed by atoms with E-state index in [0.29, 0.717) is 23.5 Å². The van der Waals surface area contributed by atoms with Crippen LogP contribution in [0.1, 0.15) is 39.7 Å². The number of nitrogens with zero attached hydrogens (tertiary/aromatic N) is 4. The minimum Gasteiger partial charge on any atom is -0.367 e. The van der Waals surface area contributed by atoms with Gasteiger partial charge in [-0.25, -0.2) is 0 Å². The van der Waals surface area contributed by atoms with Gasteiger partial charge in [-0.2, -0.15) is 5.26 Å². The maximum atomic E-state index is 12.3. The number of hydrogen-bond acceptors (Lipinski definition) is 6. The molecule has 1 aromatic heterocycles. The van der Waals surface area contributed by atoms with Crippen LogP contribution >= 0.6 is 0 Å². The Bertz CT molecular complexity index is 900. The van der Waals surface area contributed by atoms with Crippen molar-refractivity contribution in [2.24, 2.45) is 5.92 Å². The Hall–Kier alpha value is -2.72. The van der Waals surface area contributed by atoms with Gasteiger partial charge < -0.3 is 15.0 Å². The lowest BCUT2D eigenvalue weighted by atomic mass is 9.95. The van der Waals surface area contributed by atoms with Gasteiger partial charge in [-0.1, -0.05) is 6.92 Å². The summed E-state index contributed by atoms with van der Waals surface area (Å²) >= 11 is 0. The maximum Gasteiger partial charge on any atom is 0.246 e. The van der Waals surface area contributed by atoms with E-state index in [0.717, 1.165) is 24.2 Å². The normalized spacial score (nSPS) is 20.0. The molecule has 1 N–H and O–H groups in total. The summed E-state index contributed by atoms with van der Waals surface area (Å²) in [6, 6.07) is 5.92. The summed E-state index contributed by atoms with van der Waals surface area (Å²) in [5.41, 5.74) is 2.44. The van der Waals surface area contributed by atoms with E-state index in [1.807, 2.05) is 26.8 Å². The predicted octanol–water partition coefficient (Wildman–Crippen LogP) is 2.65. The van der Waals surface area contributed by atoms with Crippen LogP contribution in [0.15, 0.2) is 24.5 Å². The number of rotatable bonds is 4. The number of benzene rings is 1. The first-order valence-corrected chi connectivity index (χ1v) is 9.59. The van der Waals surface area contributed by atoms with E-state index in [9.17, 15) is 10.1 Å². The number of amides is 1. The molecule has 1 saturated heterocycles. The molecule has 0 bridgehead atoms. The molecule has 2 heterocycles. The molecule has 7 heteroatoms. The topological polar surface area (TPSA) is 91.1 Å². The van der Waals surface area contributed by atoms with Gasteiger partial charge in [0, 0.05) is 31.5 Å². The van der Waals surface area contributed by atoms with Crippen LogP contribution in [0, 0.1) is 17.2 Å². The molecule has 1 fully saturated rings. The first-order chi connectivity index (χ1) is 13.3. The summed E-state index contributed by atoms with van der Waals surface area (Å²) in [6.45, 7) is 9.57. The monoisotopic (exact) mass is 381 g/mol. The smallest absolute Gasteiger partial charge is 0.246 e. The van der Waals surface area contributed by atoms with Crippen molar-refractivity contribution in [2.75, 3.05) is 24.6 Å². The van der Waals surface area contributed by atoms with Crippen molar-refractivity contribution in [3.8, 4) is 6.07 Å². The Balaban J connectivity index is 1.78. The first-order valence-electron chi connectivity index (χ1n) is 9.59. The highest BCUT2D eigenvalue weighted by Crippen LogP contribution is 2.30. The Kier molecular flexibility index (Phi) is 5.80. The van der Waals surface area contributed by atoms with Crippen LogP contribution in [0.25, 0.3) is 11.0 Å². The van der Waals surface area contributed by atoms with Gasteiger partial charge in [0.25, 0.3) is 0 Å². The average molecular weight is 381 g/mol. The van der Waals surface area contributed by atoms with Gasteiger partial charge in [-0.3, -0.25) is 14.8 Å². The molecule has 1 aromatic carbocycles. The molecule has 1 aliphatic heterocycles. The third-order valence-electron chi connectivity index (χ3n) is 4.73. The van der Waals surface area contributed by atoms with Gasteiger partial charge in [-0.15, -0.1) is 0 Å². The van der Waals surface area contributed by atoms with Gasteiger partial charge in [0.2, 0.25) is 5.91 Å². The Morgan fingerprint density at radius 3 is 2.68 bits per heavy atom. The van der Waals surface area contributed by atoms with E-state index in [-0.39, 0.29) is 24.2 Å². The molecule has 148 valence electrons. The number of nitriles is 1. The molecule has 0 spiro atoms. The number of anilines is 1. The summed E-state index contributed by atoms with van der Waals surface area (Å²) in [5, 5.41) is 12.4. The average Bonchev–Trinajstić information content (AvgIpc) is 2.64. The zero-order valence-electron chi connectivity index (χ0n) is 16.9. The van der Waals surface area contributed by atoms with E-state index in [1.54, 1.807) is 18.5 Å². The highest BCUT2D eigenvalue weighted by atomic mass is 16.5. The highest BCUT2D eigenvalue weighted by molar-refractivity contribution is 5.92. The van der Waals surface area contributed by atoms with Crippen molar-refractivity contribution in [1.29, 1.82) is 5.26 Å². The van der Waals surface area contributed by atoms with Crippen LogP contribution in [-0.4, -0.2) is 47.2 Å². The van der Waals surface area contributed by atoms with Crippen molar-refractivity contribution < 1.29 is 9.53 Å². The molecular formula is C21H27N5O2. The molecule has 0 unspecified atom stereocenters. The van der Waals surface area contributed by atoms with Crippen molar-refractivity contribution >= 4 is 22.6 Å². The minimum absolute atomic E-state index is 0.0298. The van der Waals surface area contributed by atoms with Gasteiger partial charge in [0.1, 0.15) is 23.7 Å². The van der Waals surface area contributed by atoms with Gasteiger partial charge in [0.05, 0.1) is 16.9 Å². The third kappa shape index (κ3) is 4.76. The minimum atomic E-state index is -0.344. The van der Waals surface area contributed by atoms with Crippen molar-refractivity contribution in [3.05, 3.63) is 30.1 Å². The van der Waals surface area contributed by atoms with Crippen molar-refractivity contribution in [3.63, 3.8) is 0 Å². The summed E-state index contributed by atoms with van der Waals surface area (Å²) in [7, 11) is 0. The van der Waals surface area contributed by atoms with Crippen molar-refractivity contribution in [2.45, 2.75) is 45.8 Å². The number of ether oxygens (including phenoxy) is 1. The number of nitrogens with one attached hydrogen (secondary N) is 1. The molecule has 0 aliphatic carbocycles. The Morgan fingerprint density at radius 1 is 1.29 bits per heavy atom. The fraction of sp³-hybridized carbons (Fsp3) is 0.524. The molecule has 0 radical (unpaired) electrons. The maximum absolute atomic E-state index is 12.3. The predicted molar refractivity (Wildman–Crippen MR) is 108 cm³/mol. The Labute approximate surface area is 165 Å². The standard InChI is InChI=1S/C21H27N5O2/c1-14-9-16(25-18(27)13-28-21(2,3)4)12-26(11-14)17-6-5-15(10-22)19-20(17)24-8-7-23-19/h5-8,14,16H,9,11-13H2,1-4H3,(H,25,27)/t14-,16-/m1/s1. The van der Waals surface area contributed by atoms with E-state index < -0.39 is 0 Å². The second kappa shape index (κ2) is 8.11. The second-order valence-corrected chi connectivity index (χ2v) is 8.41. The number of hydrogen-bond donors (Lipinski definition) is 1. The van der Waals surface area contributed by atoms with E-state index >= 15 is 0 Å². The summed E-state index contributed by atoms with van der Waals surface area (Å²) in [5.74, 6) is 0.309. The number of aromatic nitrogens is 2. The lowest BCUT2D eigenvalue weighted by Gasteiger charge is -2.38. The fourth-order valence-electron chi connectivity index (χ4n) is 3.59. The number of piperidine rings is 1. The Morgan fingerprint density at radius 2 is 2.00 bits per heavy atom. The molecular weight excluding hydrogens is 354 g/mol. The molecule has 28 heavy (non-hydrogen) atoms.